The highest BCUT2D eigenvalue weighted by Gasteiger charge is 2.19. The number of hydrogen-bond donors (Lipinski definition) is 1. The molecule has 0 aliphatic carbocycles. The topological polar surface area (TPSA) is 23.6 Å². The largest absolute Gasteiger partial charge is 0.310 e. The minimum atomic E-state index is -1.54. The monoisotopic (exact) mass is 902 g/mol. The fraction of sp³-hybridized carbons (Fsp3) is 0. The third kappa shape index (κ3) is 7.92. The van der Waals surface area contributed by atoms with Crippen LogP contribution < -0.4 is 15.1 Å². The van der Waals surface area contributed by atoms with E-state index in [4.69, 9.17) is 11.2 Å². The van der Waals surface area contributed by atoms with Crippen LogP contribution in [0.25, 0.3) is 43.8 Å². The van der Waals surface area contributed by atoms with Gasteiger partial charge in [0.25, 0.3) is 0 Å². The fourth-order valence-corrected chi connectivity index (χ4v) is 12.1. The summed E-state index contributed by atoms with van der Waals surface area (Å²) in [6.07, 6.45) is 0. The molecule has 0 radical (unpaired) electrons. The van der Waals surface area contributed by atoms with Crippen LogP contribution in [0.3, 0.4) is 0 Å². The van der Waals surface area contributed by atoms with E-state index in [0.29, 0.717) is 0 Å². The van der Waals surface area contributed by atoms with Crippen LogP contribution in [0.4, 0.5) is 34.1 Å². The van der Waals surface area contributed by atoms with Crippen LogP contribution >= 0.6 is 27.8 Å². The Balaban J connectivity index is 1.17. The SMILES string of the molecule is O=P(c1ccc2cc(-c3ccc4cc(-c5cc(N(c6ccccc6)c6ccccc6)cc(N(c6ccccc6)c6ccccc6)c5)ccc4c3)ccc2c1)=[SH](=S)I. The minimum absolute atomic E-state index is 0.834. The number of para-hydroxylation sites is 4. The van der Waals surface area contributed by atoms with E-state index < -0.39 is 12.4 Å². The van der Waals surface area contributed by atoms with Crippen LogP contribution in [0.2, 0.25) is 0 Å². The van der Waals surface area contributed by atoms with E-state index in [9.17, 15) is 4.57 Å². The van der Waals surface area contributed by atoms with Crippen LogP contribution in [-0.2, 0) is 21.6 Å². The van der Waals surface area contributed by atoms with Gasteiger partial charge in [-0.2, -0.15) is 0 Å². The lowest BCUT2D eigenvalue weighted by molar-refractivity contribution is 0.602. The Morgan fingerprint density at radius 2 is 0.702 bits per heavy atom. The van der Waals surface area contributed by atoms with E-state index in [-0.39, 0.29) is 0 Å². The molecule has 0 N–H and O–H groups in total. The standard InChI is InChI=1S/C50H36IN2OPS2/c51-57(56)55(54)50-28-27-40-30-38(24-26-42(40)34-50)36-21-22-39-31-41(25-23-37(39)29-36)43-32-48(52(44-13-5-1-6-14-44)45-15-7-2-8-16-45)35-49(33-43)53(46-17-9-3-10-18-46)47-19-11-4-12-20-47/h1-35,57H. The molecule has 57 heavy (non-hydrogen) atoms. The molecule has 0 heterocycles. The summed E-state index contributed by atoms with van der Waals surface area (Å²) in [6.45, 7) is -1.54. The third-order valence-corrected chi connectivity index (χ3v) is 17.6. The third-order valence-electron chi connectivity index (χ3n) is 10.2. The first-order valence-corrected chi connectivity index (χ1v) is 25.7. The Hall–Kier alpha value is -5.50. The van der Waals surface area contributed by atoms with Crippen LogP contribution in [0, 0.1) is 0 Å². The summed E-state index contributed by atoms with van der Waals surface area (Å²) in [5, 5.41) is 5.37. The Labute approximate surface area is 352 Å². The highest BCUT2D eigenvalue weighted by atomic mass is 127. The van der Waals surface area contributed by atoms with Crippen LogP contribution in [0.5, 0.6) is 0 Å². The summed E-state index contributed by atoms with van der Waals surface area (Å²) in [5.41, 5.74) is 11.0. The Kier molecular flexibility index (Phi) is 10.8. The molecule has 9 rings (SSSR count). The van der Waals surface area contributed by atoms with Crippen molar-refractivity contribution < 1.29 is 4.57 Å². The summed E-state index contributed by atoms with van der Waals surface area (Å²) >= 11 is 7.46. The molecular formula is C50H36IN2OPS2. The number of fused-ring (bicyclic) bond motifs is 2. The molecule has 3 nitrogen and oxygen atoms in total. The van der Waals surface area contributed by atoms with Crippen molar-refractivity contribution in [3.8, 4) is 22.3 Å². The maximum Gasteiger partial charge on any atom is 0.166 e. The zero-order valence-corrected chi connectivity index (χ0v) is 35.5. The summed E-state index contributed by atoms with van der Waals surface area (Å²) in [5.74, 6) is -0.961. The van der Waals surface area contributed by atoms with Gasteiger partial charge < -0.3 is 9.80 Å². The first kappa shape index (κ1) is 37.1. The fourth-order valence-electron chi connectivity index (χ4n) is 7.45. The van der Waals surface area contributed by atoms with E-state index in [1.807, 2.05) is 12.1 Å². The second-order valence-electron chi connectivity index (χ2n) is 13.8. The second-order valence-corrected chi connectivity index (χ2v) is 26.6. The van der Waals surface area contributed by atoms with Crippen molar-refractivity contribution in [1.29, 1.82) is 0 Å². The van der Waals surface area contributed by atoms with Gasteiger partial charge in [0.05, 0.1) is 0 Å². The maximum atomic E-state index is 12.7. The molecule has 2 atom stereocenters. The van der Waals surface area contributed by atoms with E-state index >= 15 is 0 Å². The van der Waals surface area contributed by atoms with Gasteiger partial charge in [-0.05, 0) is 179 Å². The lowest BCUT2D eigenvalue weighted by atomic mass is 9.96. The number of hydrogen-bond acceptors (Lipinski definition) is 4. The first-order chi connectivity index (χ1) is 28.0. The van der Waals surface area contributed by atoms with E-state index in [0.717, 1.165) is 72.5 Å². The van der Waals surface area contributed by atoms with Gasteiger partial charge in [0.1, 0.15) is 0 Å². The van der Waals surface area contributed by atoms with Crippen molar-refractivity contribution in [3.63, 3.8) is 0 Å². The Morgan fingerprint density at radius 3 is 1.07 bits per heavy atom. The molecule has 0 aliphatic heterocycles. The van der Waals surface area contributed by atoms with Gasteiger partial charge in [-0.3, -0.25) is 4.57 Å². The predicted molar refractivity (Wildman–Crippen MR) is 259 cm³/mol. The predicted octanol–water partition coefficient (Wildman–Crippen LogP) is 14.8. The van der Waals surface area contributed by atoms with Crippen LogP contribution in [-0.4, -0.2) is 0 Å². The van der Waals surface area contributed by atoms with Crippen molar-refractivity contribution in [1.82, 2.24) is 0 Å². The van der Waals surface area contributed by atoms with Gasteiger partial charge >= 0.3 is 0 Å². The van der Waals surface area contributed by atoms with Crippen molar-refractivity contribution >= 4 is 106 Å². The molecular weight excluding hydrogens is 867 g/mol. The van der Waals surface area contributed by atoms with Crippen LogP contribution in [0.15, 0.2) is 212 Å². The number of rotatable bonds is 9. The molecule has 7 heteroatoms. The quantitative estimate of drug-likeness (QED) is 0.0675. The number of anilines is 6. The molecule has 0 spiro atoms. The van der Waals surface area contributed by atoms with Gasteiger partial charge in [-0.1, -0.05) is 115 Å². The molecule has 0 fully saturated rings. The maximum absolute atomic E-state index is 12.7. The Morgan fingerprint density at radius 1 is 0.368 bits per heavy atom. The van der Waals surface area contributed by atoms with Gasteiger partial charge in [0.15, 0.2) is 6.58 Å². The molecule has 9 aromatic rings. The normalized spacial score (nSPS) is 12.0. The zero-order chi connectivity index (χ0) is 38.7. The number of nitrogens with zero attached hydrogens (tertiary/aromatic N) is 2. The molecule has 0 saturated heterocycles. The van der Waals surface area contributed by atoms with Crippen molar-refractivity contribution in [2.24, 2.45) is 0 Å². The first-order valence-electron chi connectivity index (χ1n) is 18.6. The summed E-state index contributed by atoms with van der Waals surface area (Å²) in [7, 11) is 0. The average Bonchev–Trinajstić information content (AvgIpc) is 3.27. The smallest absolute Gasteiger partial charge is 0.166 e. The number of benzene rings is 9. The van der Waals surface area contributed by atoms with Crippen molar-refractivity contribution in [2.75, 3.05) is 9.80 Å². The van der Waals surface area contributed by atoms with Gasteiger partial charge in [-0.15, -0.1) is 0 Å². The Bertz CT molecular complexity index is 2840. The molecule has 0 bridgehead atoms. The zero-order valence-electron chi connectivity index (χ0n) is 30.7. The van der Waals surface area contributed by atoms with Crippen molar-refractivity contribution in [2.45, 2.75) is 0 Å². The minimum Gasteiger partial charge on any atom is -0.310 e. The second kappa shape index (κ2) is 16.5. The van der Waals surface area contributed by atoms with Crippen molar-refractivity contribution in [3.05, 3.63) is 212 Å². The summed E-state index contributed by atoms with van der Waals surface area (Å²) < 4.78 is 12.7. The van der Waals surface area contributed by atoms with E-state index in [2.05, 4.69) is 231 Å². The van der Waals surface area contributed by atoms with E-state index in [1.165, 1.54) is 10.8 Å². The van der Waals surface area contributed by atoms with E-state index in [1.54, 1.807) is 0 Å². The van der Waals surface area contributed by atoms with Gasteiger partial charge in [-0.25, -0.2) is 0 Å². The highest BCUT2D eigenvalue weighted by molar-refractivity contribution is 14.2. The number of halogens is 1. The highest BCUT2D eigenvalue weighted by Crippen LogP contribution is 2.43. The molecule has 0 saturated carbocycles. The lowest BCUT2D eigenvalue weighted by Gasteiger charge is -2.30. The lowest BCUT2D eigenvalue weighted by Crippen LogP contribution is -2.13. The molecule has 276 valence electrons. The summed E-state index contributed by atoms with van der Waals surface area (Å²) in [6, 6.07) is 75.2. The van der Waals surface area contributed by atoms with Crippen LogP contribution in [0.1, 0.15) is 0 Å². The molecule has 0 amide bonds. The summed E-state index contributed by atoms with van der Waals surface area (Å²) in [4.78, 5) is 4.66. The molecule has 0 aliphatic rings. The number of thiol groups is 1. The van der Waals surface area contributed by atoms with Gasteiger partial charge in [0.2, 0.25) is 0 Å². The molecule has 2 unspecified atom stereocenters. The molecule has 0 aromatic heterocycles. The molecule has 9 aromatic carbocycles. The average molecular weight is 903 g/mol. The van der Waals surface area contributed by atoms with Gasteiger partial charge in [0, 0.05) is 39.4 Å².